The first-order valence-corrected chi connectivity index (χ1v) is 5.91. The lowest BCUT2D eigenvalue weighted by Gasteiger charge is -2.07. The molecule has 0 atom stereocenters. The van der Waals surface area contributed by atoms with Gasteiger partial charge in [-0.05, 0) is 29.9 Å². The molecule has 0 aliphatic rings. The van der Waals surface area contributed by atoms with Crippen molar-refractivity contribution in [2.75, 3.05) is 0 Å². The number of pyridine rings is 1. The molecule has 1 aromatic heterocycles. The van der Waals surface area contributed by atoms with Gasteiger partial charge in [-0.1, -0.05) is 43.1 Å². The molecule has 3 heteroatoms. The fourth-order valence-electron chi connectivity index (χ4n) is 1.90. The van der Waals surface area contributed by atoms with E-state index in [1.807, 2.05) is 24.3 Å². The van der Waals surface area contributed by atoms with Gasteiger partial charge in [-0.15, -0.1) is 0 Å². The SMILES string of the molecule is CCCCc1c(Cl)[nH]c(=O)c2ccccc12. The Bertz CT molecular complexity index is 559. The number of halogens is 1. The Hall–Kier alpha value is -1.28. The molecule has 2 nitrogen and oxygen atoms in total. The third-order valence-corrected chi connectivity index (χ3v) is 3.09. The Morgan fingerprint density at radius 2 is 1.94 bits per heavy atom. The quantitative estimate of drug-likeness (QED) is 0.812. The Kier molecular flexibility index (Phi) is 3.30. The minimum Gasteiger partial charge on any atom is -0.312 e. The first-order chi connectivity index (χ1) is 7.74. The molecule has 0 radical (unpaired) electrons. The zero-order valence-corrected chi connectivity index (χ0v) is 9.97. The average molecular weight is 236 g/mol. The second-order valence-electron chi connectivity index (χ2n) is 3.90. The van der Waals surface area contributed by atoms with Crippen LogP contribution in [0.25, 0.3) is 10.8 Å². The highest BCUT2D eigenvalue weighted by Gasteiger charge is 2.08. The van der Waals surface area contributed by atoms with E-state index in [4.69, 9.17) is 11.6 Å². The summed E-state index contributed by atoms with van der Waals surface area (Å²) in [6, 6.07) is 7.60. The van der Waals surface area contributed by atoms with Gasteiger partial charge in [0.05, 0.1) is 0 Å². The van der Waals surface area contributed by atoms with E-state index >= 15 is 0 Å². The van der Waals surface area contributed by atoms with Crippen molar-refractivity contribution in [1.82, 2.24) is 4.98 Å². The Labute approximate surface area is 99.3 Å². The molecule has 16 heavy (non-hydrogen) atoms. The van der Waals surface area contributed by atoms with Crippen LogP contribution < -0.4 is 5.56 Å². The van der Waals surface area contributed by atoms with Crippen LogP contribution in [0.15, 0.2) is 29.1 Å². The number of aromatic amines is 1. The molecule has 0 spiro atoms. The van der Waals surface area contributed by atoms with Crippen LogP contribution in [-0.4, -0.2) is 4.98 Å². The van der Waals surface area contributed by atoms with Crippen LogP contribution in [0.5, 0.6) is 0 Å². The minimum absolute atomic E-state index is 0.110. The van der Waals surface area contributed by atoms with Crippen LogP contribution in [0.2, 0.25) is 5.15 Å². The molecular weight excluding hydrogens is 222 g/mol. The number of rotatable bonds is 3. The standard InChI is InChI=1S/C13H14ClNO/c1-2-3-6-10-9-7-4-5-8-11(9)13(16)15-12(10)14/h4-5,7-8H,2-3,6H2,1H3,(H,15,16). The molecular formula is C13H14ClNO. The predicted molar refractivity (Wildman–Crippen MR) is 68.2 cm³/mol. The molecule has 0 bridgehead atoms. The monoisotopic (exact) mass is 235 g/mol. The molecule has 2 rings (SSSR count). The lowest BCUT2D eigenvalue weighted by atomic mass is 10.0. The summed E-state index contributed by atoms with van der Waals surface area (Å²) in [7, 11) is 0. The van der Waals surface area contributed by atoms with E-state index < -0.39 is 0 Å². The van der Waals surface area contributed by atoms with Crippen LogP contribution in [-0.2, 0) is 6.42 Å². The third-order valence-electron chi connectivity index (χ3n) is 2.77. The number of H-pyrrole nitrogens is 1. The average Bonchev–Trinajstić information content (AvgIpc) is 2.29. The van der Waals surface area contributed by atoms with E-state index in [9.17, 15) is 4.79 Å². The molecule has 0 aliphatic heterocycles. The van der Waals surface area contributed by atoms with Crippen molar-refractivity contribution in [3.05, 3.63) is 45.3 Å². The molecule has 1 N–H and O–H groups in total. The zero-order valence-electron chi connectivity index (χ0n) is 9.22. The summed E-state index contributed by atoms with van der Waals surface area (Å²) in [5.74, 6) is 0. The number of hydrogen-bond donors (Lipinski definition) is 1. The van der Waals surface area contributed by atoms with Crippen LogP contribution in [0.3, 0.4) is 0 Å². The second kappa shape index (κ2) is 4.71. The van der Waals surface area contributed by atoms with Gasteiger partial charge in [0.2, 0.25) is 0 Å². The molecule has 1 aromatic carbocycles. The maximum atomic E-state index is 11.7. The number of hydrogen-bond acceptors (Lipinski definition) is 1. The van der Waals surface area contributed by atoms with Gasteiger partial charge in [0, 0.05) is 5.39 Å². The van der Waals surface area contributed by atoms with Crippen LogP contribution >= 0.6 is 11.6 Å². The largest absolute Gasteiger partial charge is 0.312 e. The summed E-state index contributed by atoms with van der Waals surface area (Å²) in [5.41, 5.74) is 0.944. The number of fused-ring (bicyclic) bond motifs is 1. The Morgan fingerprint density at radius 1 is 1.25 bits per heavy atom. The van der Waals surface area contributed by atoms with Crippen molar-refractivity contribution in [1.29, 1.82) is 0 Å². The highest BCUT2D eigenvalue weighted by Crippen LogP contribution is 2.23. The molecule has 0 unspecified atom stereocenters. The minimum atomic E-state index is -0.110. The molecule has 0 aliphatic carbocycles. The number of nitrogens with one attached hydrogen (secondary N) is 1. The van der Waals surface area contributed by atoms with Gasteiger partial charge < -0.3 is 4.98 Å². The van der Waals surface area contributed by atoms with Gasteiger partial charge in [0.1, 0.15) is 5.15 Å². The van der Waals surface area contributed by atoms with E-state index in [1.165, 1.54) is 0 Å². The lowest BCUT2D eigenvalue weighted by molar-refractivity contribution is 0.796. The van der Waals surface area contributed by atoms with Crippen molar-refractivity contribution in [3.8, 4) is 0 Å². The van der Waals surface area contributed by atoms with Crippen molar-refractivity contribution < 1.29 is 0 Å². The van der Waals surface area contributed by atoms with Crippen molar-refractivity contribution in [2.24, 2.45) is 0 Å². The normalized spacial score (nSPS) is 10.9. The van der Waals surface area contributed by atoms with E-state index in [2.05, 4.69) is 11.9 Å². The lowest BCUT2D eigenvalue weighted by Crippen LogP contribution is -2.08. The van der Waals surface area contributed by atoms with Crippen molar-refractivity contribution in [2.45, 2.75) is 26.2 Å². The topological polar surface area (TPSA) is 32.9 Å². The summed E-state index contributed by atoms with van der Waals surface area (Å²) < 4.78 is 0. The third kappa shape index (κ3) is 1.98. The Morgan fingerprint density at radius 3 is 2.62 bits per heavy atom. The summed E-state index contributed by atoms with van der Waals surface area (Å²) in [6.45, 7) is 2.14. The van der Waals surface area contributed by atoms with E-state index in [0.29, 0.717) is 5.15 Å². The number of aromatic nitrogens is 1. The predicted octanol–water partition coefficient (Wildman–Crippen LogP) is 3.52. The van der Waals surface area contributed by atoms with E-state index in [0.717, 1.165) is 35.6 Å². The first-order valence-electron chi connectivity index (χ1n) is 5.53. The van der Waals surface area contributed by atoms with Crippen LogP contribution in [0.1, 0.15) is 25.3 Å². The molecule has 0 fully saturated rings. The number of unbranched alkanes of at least 4 members (excludes halogenated alkanes) is 1. The summed E-state index contributed by atoms with van der Waals surface area (Å²) in [4.78, 5) is 14.4. The van der Waals surface area contributed by atoms with Crippen LogP contribution in [0, 0.1) is 0 Å². The van der Waals surface area contributed by atoms with Gasteiger partial charge in [-0.2, -0.15) is 0 Å². The van der Waals surface area contributed by atoms with Gasteiger partial charge in [-0.25, -0.2) is 0 Å². The molecule has 0 amide bonds. The van der Waals surface area contributed by atoms with E-state index in [1.54, 1.807) is 0 Å². The molecule has 2 aromatic rings. The fraction of sp³-hybridized carbons (Fsp3) is 0.308. The number of benzene rings is 1. The van der Waals surface area contributed by atoms with E-state index in [-0.39, 0.29) is 5.56 Å². The number of aryl methyl sites for hydroxylation is 1. The van der Waals surface area contributed by atoms with Gasteiger partial charge in [-0.3, -0.25) is 4.79 Å². The molecule has 84 valence electrons. The summed E-state index contributed by atoms with van der Waals surface area (Å²) in [5, 5.41) is 2.18. The van der Waals surface area contributed by atoms with Crippen molar-refractivity contribution in [3.63, 3.8) is 0 Å². The maximum Gasteiger partial charge on any atom is 0.256 e. The first kappa shape index (κ1) is 11.2. The maximum absolute atomic E-state index is 11.7. The van der Waals surface area contributed by atoms with Crippen molar-refractivity contribution >= 4 is 22.4 Å². The summed E-state index contributed by atoms with van der Waals surface area (Å²) >= 11 is 6.09. The fourth-order valence-corrected chi connectivity index (χ4v) is 2.19. The van der Waals surface area contributed by atoms with Gasteiger partial charge in [0.25, 0.3) is 5.56 Å². The zero-order chi connectivity index (χ0) is 11.5. The van der Waals surface area contributed by atoms with Crippen LogP contribution in [0.4, 0.5) is 0 Å². The Balaban J connectivity index is 2.66. The summed E-state index contributed by atoms with van der Waals surface area (Å²) in [6.07, 6.45) is 3.10. The molecule has 1 heterocycles. The second-order valence-corrected chi connectivity index (χ2v) is 4.27. The van der Waals surface area contributed by atoms with Gasteiger partial charge >= 0.3 is 0 Å². The molecule has 0 saturated heterocycles. The highest BCUT2D eigenvalue weighted by molar-refractivity contribution is 6.31. The highest BCUT2D eigenvalue weighted by atomic mass is 35.5. The van der Waals surface area contributed by atoms with Gasteiger partial charge in [0.15, 0.2) is 0 Å². The smallest absolute Gasteiger partial charge is 0.256 e. The molecule has 0 saturated carbocycles.